The summed E-state index contributed by atoms with van der Waals surface area (Å²) in [7, 11) is 0. The SMILES string of the molecule is CC1(O)CCCN(Cc2ccc(-c3cnc4[nH]cc(-c5cccc(F)c5)c4c3)cc2)C1. The zero-order valence-electron chi connectivity index (χ0n) is 17.6. The monoisotopic (exact) mass is 415 g/mol. The molecule has 1 aliphatic rings. The van der Waals surface area contributed by atoms with Crippen LogP contribution in [0.15, 0.2) is 67.0 Å². The third-order valence-corrected chi connectivity index (χ3v) is 6.11. The third kappa shape index (κ3) is 4.24. The van der Waals surface area contributed by atoms with Gasteiger partial charge in [-0.05, 0) is 61.2 Å². The highest BCUT2D eigenvalue weighted by Gasteiger charge is 2.28. The molecule has 0 saturated carbocycles. The van der Waals surface area contributed by atoms with Crippen molar-refractivity contribution in [2.24, 2.45) is 0 Å². The van der Waals surface area contributed by atoms with Crippen LogP contribution in [0.1, 0.15) is 25.3 Å². The molecule has 0 aliphatic carbocycles. The zero-order chi connectivity index (χ0) is 21.4. The normalized spacial score (nSPS) is 19.7. The molecule has 0 spiro atoms. The van der Waals surface area contributed by atoms with Crippen LogP contribution in [0.4, 0.5) is 4.39 Å². The Kier molecular flexibility index (Phi) is 5.08. The van der Waals surface area contributed by atoms with Crippen LogP contribution < -0.4 is 0 Å². The molecule has 1 unspecified atom stereocenters. The molecule has 1 saturated heterocycles. The van der Waals surface area contributed by atoms with Gasteiger partial charge in [-0.1, -0.05) is 36.4 Å². The van der Waals surface area contributed by atoms with E-state index in [9.17, 15) is 9.50 Å². The number of pyridine rings is 1. The van der Waals surface area contributed by atoms with Gasteiger partial charge in [-0.25, -0.2) is 9.37 Å². The van der Waals surface area contributed by atoms with Gasteiger partial charge in [0.25, 0.3) is 0 Å². The van der Waals surface area contributed by atoms with E-state index >= 15 is 0 Å². The second-order valence-electron chi connectivity index (χ2n) is 8.84. The van der Waals surface area contributed by atoms with Crippen molar-refractivity contribution in [3.05, 3.63) is 78.4 Å². The lowest BCUT2D eigenvalue weighted by Gasteiger charge is -2.36. The number of aliphatic hydroxyl groups is 1. The first-order valence-electron chi connectivity index (χ1n) is 10.7. The van der Waals surface area contributed by atoms with Crippen molar-refractivity contribution in [1.82, 2.24) is 14.9 Å². The molecule has 1 fully saturated rings. The quantitative estimate of drug-likeness (QED) is 0.470. The lowest BCUT2D eigenvalue weighted by molar-refractivity contribution is -0.0181. The first-order chi connectivity index (χ1) is 15.0. The number of β-amino-alcohol motifs (C(OH)–C–C–N with tert-alkyl or cyclic N) is 1. The number of fused-ring (bicyclic) bond motifs is 1. The molecule has 2 aromatic carbocycles. The van der Waals surface area contributed by atoms with Crippen LogP contribution in [0.25, 0.3) is 33.3 Å². The number of H-pyrrole nitrogens is 1. The number of rotatable bonds is 4. The van der Waals surface area contributed by atoms with Gasteiger partial charge in [0, 0.05) is 42.0 Å². The molecule has 4 nitrogen and oxygen atoms in total. The standard InChI is InChI=1S/C26H26FN3O/c1-26(31)10-3-11-30(17-26)16-18-6-8-19(9-7-18)21-13-23-24(15-29-25(23)28-14-21)20-4-2-5-22(27)12-20/h2,4-9,12-15,31H,3,10-11,16-17H2,1H3,(H,28,29). The summed E-state index contributed by atoms with van der Waals surface area (Å²) in [5.41, 5.74) is 5.33. The van der Waals surface area contributed by atoms with Crippen LogP contribution in [0.5, 0.6) is 0 Å². The lowest BCUT2D eigenvalue weighted by Crippen LogP contribution is -2.45. The summed E-state index contributed by atoms with van der Waals surface area (Å²) in [6.07, 6.45) is 5.65. The Bertz CT molecular complexity index is 1210. The molecular weight excluding hydrogens is 389 g/mol. The Labute approximate surface area is 181 Å². The average molecular weight is 416 g/mol. The highest BCUT2D eigenvalue weighted by Crippen LogP contribution is 2.31. The summed E-state index contributed by atoms with van der Waals surface area (Å²) in [6.45, 7) is 4.50. The molecule has 0 amide bonds. The molecule has 31 heavy (non-hydrogen) atoms. The van der Waals surface area contributed by atoms with E-state index in [1.165, 1.54) is 11.6 Å². The summed E-state index contributed by atoms with van der Waals surface area (Å²) >= 11 is 0. The Morgan fingerprint density at radius 3 is 2.71 bits per heavy atom. The minimum atomic E-state index is -0.588. The van der Waals surface area contributed by atoms with Gasteiger partial charge in [-0.15, -0.1) is 0 Å². The van der Waals surface area contributed by atoms with E-state index < -0.39 is 5.60 Å². The van der Waals surface area contributed by atoms with Gasteiger partial charge >= 0.3 is 0 Å². The fourth-order valence-corrected chi connectivity index (χ4v) is 4.58. The number of nitrogens with one attached hydrogen (secondary N) is 1. The lowest BCUT2D eigenvalue weighted by atomic mass is 9.94. The van der Waals surface area contributed by atoms with E-state index in [0.717, 1.165) is 59.2 Å². The number of hydrogen-bond donors (Lipinski definition) is 2. The van der Waals surface area contributed by atoms with E-state index in [1.807, 2.05) is 25.4 Å². The van der Waals surface area contributed by atoms with Crippen LogP contribution in [-0.2, 0) is 6.54 Å². The Morgan fingerprint density at radius 1 is 1.10 bits per heavy atom. The van der Waals surface area contributed by atoms with Crippen molar-refractivity contribution >= 4 is 11.0 Å². The molecule has 158 valence electrons. The smallest absolute Gasteiger partial charge is 0.137 e. The van der Waals surface area contributed by atoms with Gasteiger partial charge < -0.3 is 10.1 Å². The minimum Gasteiger partial charge on any atom is -0.389 e. The van der Waals surface area contributed by atoms with Crippen molar-refractivity contribution in [2.75, 3.05) is 13.1 Å². The molecule has 5 heteroatoms. The van der Waals surface area contributed by atoms with Crippen molar-refractivity contribution < 1.29 is 9.50 Å². The minimum absolute atomic E-state index is 0.248. The van der Waals surface area contributed by atoms with Crippen molar-refractivity contribution in [3.8, 4) is 22.3 Å². The number of halogens is 1. The fourth-order valence-electron chi connectivity index (χ4n) is 4.58. The second kappa shape index (κ2) is 7.91. The van der Waals surface area contributed by atoms with Gasteiger partial charge in [0.15, 0.2) is 0 Å². The number of aromatic nitrogens is 2. The fraction of sp³-hybridized carbons (Fsp3) is 0.269. The summed E-state index contributed by atoms with van der Waals surface area (Å²) in [5, 5.41) is 11.3. The maximum atomic E-state index is 13.7. The number of piperidine rings is 1. The molecule has 2 N–H and O–H groups in total. The summed E-state index contributed by atoms with van der Waals surface area (Å²) in [4.78, 5) is 10.1. The second-order valence-corrected chi connectivity index (χ2v) is 8.84. The number of hydrogen-bond acceptors (Lipinski definition) is 3. The average Bonchev–Trinajstić information content (AvgIpc) is 3.17. The number of benzene rings is 2. The molecule has 1 atom stereocenters. The molecule has 0 bridgehead atoms. The predicted octanol–water partition coefficient (Wildman–Crippen LogP) is 5.38. The van der Waals surface area contributed by atoms with Crippen LogP contribution in [-0.4, -0.2) is 38.7 Å². The third-order valence-electron chi connectivity index (χ3n) is 6.11. The number of likely N-dealkylation sites (tertiary alicyclic amines) is 1. The summed E-state index contributed by atoms with van der Waals surface area (Å²) in [6, 6.07) is 17.3. The predicted molar refractivity (Wildman–Crippen MR) is 122 cm³/mol. The molecule has 3 heterocycles. The topological polar surface area (TPSA) is 52.1 Å². The molecule has 2 aromatic heterocycles. The van der Waals surface area contributed by atoms with Gasteiger partial charge in [0.1, 0.15) is 11.5 Å². The van der Waals surface area contributed by atoms with Crippen LogP contribution in [0.3, 0.4) is 0 Å². The molecule has 4 aromatic rings. The van der Waals surface area contributed by atoms with Gasteiger partial charge in [-0.3, -0.25) is 4.90 Å². The van der Waals surface area contributed by atoms with Gasteiger partial charge in [-0.2, -0.15) is 0 Å². The molecular formula is C26H26FN3O. The molecule has 5 rings (SSSR count). The molecule has 0 radical (unpaired) electrons. The first kappa shape index (κ1) is 19.9. The Balaban J connectivity index is 1.40. The van der Waals surface area contributed by atoms with E-state index in [0.29, 0.717) is 6.54 Å². The summed E-state index contributed by atoms with van der Waals surface area (Å²) in [5.74, 6) is -0.248. The first-order valence-corrected chi connectivity index (χ1v) is 10.7. The van der Waals surface area contributed by atoms with Crippen LogP contribution >= 0.6 is 0 Å². The highest BCUT2D eigenvalue weighted by molar-refractivity contribution is 5.95. The number of aromatic amines is 1. The van der Waals surface area contributed by atoms with Crippen LogP contribution in [0, 0.1) is 5.82 Å². The van der Waals surface area contributed by atoms with E-state index in [1.54, 1.807) is 12.1 Å². The Hall–Kier alpha value is -3.02. The van der Waals surface area contributed by atoms with Crippen LogP contribution in [0.2, 0.25) is 0 Å². The maximum Gasteiger partial charge on any atom is 0.137 e. The number of nitrogens with zero attached hydrogens (tertiary/aromatic N) is 2. The maximum absolute atomic E-state index is 13.7. The van der Waals surface area contributed by atoms with Crippen molar-refractivity contribution in [1.29, 1.82) is 0 Å². The summed E-state index contributed by atoms with van der Waals surface area (Å²) < 4.78 is 13.7. The largest absolute Gasteiger partial charge is 0.389 e. The van der Waals surface area contributed by atoms with Crippen molar-refractivity contribution in [3.63, 3.8) is 0 Å². The zero-order valence-corrected chi connectivity index (χ0v) is 17.6. The molecule has 1 aliphatic heterocycles. The van der Waals surface area contributed by atoms with Gasteiger partial charge in [0.2, 0.25) is 0 Å². The highest BCUT2D eigenvalue weighted by atomic mass is 19.1. The van der Waals surface area contributed by atoms with E-state index in [4.69, 9.17) is 0 Å². The van der Waals surface area contributed by atoms with E-state index in [2.05, 4.69) is 45.2 Å². The van der Waals surface area contributed by atoms with Crippen molar-refractivity contribution in [2.45, 2.75) is 31.9 Å². The van der Waals surface area contributed by atoms with Gasteiger partial charge in [0.05, 0.1) is 5.60 Å². The van der Waals surface area contributed by atoms with E-state index in [-0.39, 0.29) is 5.82 Å². The Morgan fingerprint density at radius 2 is 1.94 bits per heavy atom.